The summed E-state index contributed by atoms with van der Waals surface area (Å²) < 4.78 is 0. The molecule has 0 heterocycles. The van der Waals surface area contributed by atoms with E-state index < -0.39 is 0 Å². The van der Waals surface area contributed by atoms with Gasteiger partial charge in [0.05, 0.1) is 5.02 Å². The van der Waals surface area contributed by atoms with Gasteiger partial charge < -0.3 is 0 Å². The van der Waals surface area contributed by atoms with Crippen LogP contribution in [0.2, 0.25) is 10.0 Å². The average Bonchev–Trinajstić information content (AvgIpc) is 2.19. The van der Waals surface area contributed by atoms with Crippen molar-refractivity contribution in [1.82, 2.24) is 0 Å². The maximum absolute atomic E-state index is 6.02. The van der Waals surface area contributed by atoms with Crippen LogP contribution >= 0.6 is 47.6 Å². The lowest BCUT2D eigenvalue weighted by Crippen LogP contribution is -1.98. The van der Waals surface area contributed by atoms with Crippen LogP contribution in [0.4, 0.5) is 0 Å². The molecule has 0 spiro atoms. The molecule has 1 rings (SSSR count). The van der Waals surface area contributed by atoms with E-state index in [0.29, 0.717) is 5.92 Å². The van der Waals surface area contributed by atoms with Crippen molar-refractivity contribution in [3.63, 3.8) is 0 Å². The molecule has 1 aromatic carbocycles. The van der Waals surface area contributed by atoms with Crippen molar-refractivity contribution in [2.24, 2.45) is 5.92 Å². The average molecular weight is 267 g/mol. The number of thioether (sulfide) groups is 1. The summed E-state index contributed by atoms with van der Waals surface area (Å²) in [5.41, 5.74) is 0. The minimum Gasteiger partial charge on any atom is -0.179 e. The summed E-state index contributed by atoms with van der Waals surface area (Å²) >= 11 is 17.9. The predicted octanol–water partition coefficient (Wildman–Crippen LogP) is 4.65. The smallest absolute Gasteiger partial charge is 0.0542 e. The van der Waals surface area contributed by atoms with Crippen LogP contribution in [0.25, 0.3) is 0 Å². The fourth-order valence-corrected chi connectivity index (χ4v) is 2.69. The summed E-state index contributed by atoms with van der Waals surface area (Å²) in [7, 11) is 0. The second kappa shape index (κ2) is 6.16. The molecule has 1 unspecified atom stereocenters. The molecule has 0 amide bonds. The van der Waals surface area contributed by atoms with Gasteiger partial charge in [0.15, 0.2) is 0 Å². The normalized spacial score (nSPS) is 12.9. The first kappa shape index (κ1) is 12.6. The van der Waals surface area contributed by atoms with Crippen LogP contribution in [0.5, 0.6) is 0 Å². The van der Waals surface area contributed by atoms with E-state index in [2.05, 4.69) is 19.6 Å². The second-order valence-electron chi connectivity index (χ2n) is 3.17. The summed E-state index contributed by atoms with van der Waals surface area (Å²) in [5.74, 6) is 2.49. The predicted molar refractivity (Wildman–Crippen MR) is 70.2 cm³/mol. The largest absolute Gasteiger partial charge is 0.179 e. The second-order valence-corrected chi connectivity index (χ2v) is 5.44. The van der Waals surface area contributed by atoms with Gasteiger partial charge in [0.25, 0.3) is 0 Å². The van der Waals surface area contributed by atoms with Crippen molar-refractivity contribution < 1.29 is 0 Å². The van der Waals surface area contributed by atoms with E-state index in [1.807, 2.05) is 12.1 Å². The summed E-state index contributed by atoms with van der Waals surface area (Å²) in [4.78, 5) is 1.05. The molecule has 1 aromatic rings. The van der Waals surface area contributed by atoms with Gasteiger partial charge in [-0.3, -0.25) is 0 Å². The number of rotatable bonds is 4. The quantitative estimate of drug-likeness (QED) is 0.612. The molecule has 0 bridgehead atoms. The summed E-state index contributed by atoms with van der Waals surface area (Å²) in [6, 6.07) is 5.54. The first-order chi connectivity index (χ1) is 6.63. The lowest BCUT2D eigenvalue weighted by atomic mass is 10.3. The summed E-state index contributed by atoms with van der Waals surface area (Å²) in [5, 5.41) is 1.50. The van der Waals surface area contributed by atoms with Gasteiger partial charge in [-0.15, -0.1) is 11.8 Å². The zero-order chi connectivity index (χ0) is 10.6. The Morgan fingerprint density at radius 1 is 1.43 bits per heavy atom. The van der Waals surface area contributed by atoms with Crippen molar-refractivity contribution >= 4 is 47.6 Å². The Kier molecular flexibility index (Phi) is 5.53. The van der Waals surface area contributed by atoms with Crippen LogP contribution in [0.3, 0.4) is 0 Å². The molecule has 14 heavy (non-hydrogen) atoms. The highest BCUT2D eigenvalue weighted by molar-refractivity contribution is 7.99. The van der Waals surface area contributed by atoms with Crippen molar-refractivity contribution in [1.29, 1.82) is 0 Å². The minimum atomic E-state index is 0.582. The van der Waals surface area contributed by atoms with Crippen molar-refractivity contribution in [3.8, 4) is 0 Å². The third kappa shape index (κ3) is 3.93. The Labute approximate surface area is 105 Å². The zero-order valence-electron chi connectivity index (χ0n) is 7.84. The van der Waals surface area contributed by atoms with E-state index in [-0.39, 0.29) is 0 Å². The molecule has 0 saturated carbocycles. The van der Waals surface area contributed by atoms with E-state index in [1.54, 1.807) is 17.8 Å². The van der Waals surface area contributed by atoms with E-state index >= 15 is 0 Å². The molecule has 0 radical (unpaired) electrons. The van der Waals surface area contributed by atoms with E-state index in [1.165, 1.54) is 0 Å². The molecular formula is C10H12Cl2S2. The molecule has 4 heteroatoms. The molecule has 0 aliphatic carbocycles. The van der Waals surface area contributed by atoms with Crippen molar-refractivity contribution in [2.75, 3.05) is 11.5 Å². The van der Waals surface area contributed by atoms with Gasteiger partial charge >= 0.3 is 0 Å². The third-order valence-corrected chi connectivity index (χ3v) is 4.41. The number of thiol groups is 1. The SMILES string of the molecule is CC(CS)CSc1cc(Cl)ccc1Cl. The van der Waals surface area contributed by atoms with Crippen LogP contribution in [-0.2, 0) is 0 Å². The minimum absolute atomic E-state index is 0.582. The van der Waals surface area contributed by atoms with E-state index in [0.717, 1.165) is 26.4 Å². The fraction of sp³-hybridized carbons (Fsp3) is 0.400. The molecule has 0 aromatic heterocycles. The topological polar surface area (TPSA) is 0 Å². The molecule has 78 valence electrons. The summed E-state index contributed by atoms with van der Waals surface area (Å²) in [6.45, 7) is 2.17. The Balaban J connectivity index is 2.62. The maximum Gasteiger partial charge on any atom is 0.0542 e. The van der Waals surface area contributed by atoms with Gasteiger partial charge in [0.2, 0.25) is 0 Å². The monoisotopic (exact) mass is 266 g/mol. The highest BCUT2D eigenvalue weighted by atomic mass is 35.5. The third-order valence-electron chi connectivity index (χ3n) is 1.73. The maximum atomic E-state index is 6.02. The van der Waals surface area contributed by atoms with Gasteiger partial charge in [0, 0.05) is 15.7 Å². The molecule has 0 N–H and O–H groups in total. The Morgan fingerprint density at radius 2 is 2.14 bits per heavy atom. The molecule has 0 nitrogen and oxygen atoms in total. The fourth-order valence-electron chi connectivity index (χ4n) is 0.873. The van der Waals surface area contributed by atoms with Gasteiger partial charge in [-0.1, -0.05) is 30.1 Å². The highest BCUT2D eigenvalue weighted by Crippen LogP contribution is 2.31. The lowest BCUT2D eigenvalue weighted by molar-refractivity contribution is 0.767. The Morgan fingerprint density at radius 3 is 2.79 bits per heavy atom. The van der Waals surface area contributed by atoms with Crippen LogP contribution < -0.4 is 0 Å². The molecule has 0 aliphatic heterocycles. The Bertz CT molecular complexity index is 302. The van der Waals surface area contributed by atoms with Crippen LogP contribution in [0.15, 0.2) is 23.1 Å². The first-order valence-electron chi connectivity index (χ1n) is 4.32. The lowest BCUT2D eigenvalue weighted by Gasteiger charge is -2.08. The number of hydrogen-bond donors (Lipinski definition) is 1. The number of hydrogen-bond acceptors (Lipinski definition) is 2. The van der Waals surface area contributed by atoms with Gasteiger partial charge in [-0.25, -0.2) is 0 Å². The van der Waals surface area contributed by atoms with E-state index in [4.69, 9.17) is 23.2 Å². The first-order valence-corrected chi connectivity index (χ1v) is 6.69. The van der Waals surface area contributed by atoms with Gasteiger partial charge in [-0.05, 0) is 29.9 Å². The van der Waals surface area contributed by atoms with Crippen LogP contribution in [0.1, 0.15) is 6.92 Å². The summed E-state index contributed by atoms with van der Waals surface area (Å²) in [6.07, 6.45) is 0. The molecule has 0 fully saturated rings. The van der Waals surface area contributed by atoms with Gasteiger partial charge in [0.1, 0.15) is 0 Å². The van der Waals surface area contributed by atoms with Crippen molar-refractivity contribution in [3.05, 3.63) is 28.2 Å². The van der Waals surface area contributed by atoms with Crippen molar-refractivity contribution in [2.45, 2.75) is 11.8 Å². The van der Waals surface area contributed by atoms with E-state index in [9.17, 15) is 0 Å². The standard InChI is InChI=1S/C10H12Cl2S2/c1-7(5-13)6-14-10-4-8(11)2-3-9(10)12/h2-4,7,13H,5-6H2,1H3. The molecule has 1 atom stereocenters. The Hall–Kier alpha value is 0.500. The van der Waals surface area contributed by atoms with Crippen LogP contribution in [0, 0.1) is 5.92 Å². The number of benzene rings is 1. The highest BCUT2D eigenvalue weighted by Gasteiger charge is 2.05. The zero-order valence-corrected chi connectivity index (χ0v) is 11.1. The number of halogens is 2. The molecule has 0 saturated heterocycles. The van der Waals surface area contributed by atoms with Crippen LogP contribution in [-0.4, -0.2) is 11.5 Å². The molecule has 0 aliphatic rings. The molecular weight excluding hydrogens is 255 g/mol. The van der Waals surface area contributed by atoms with Gasteiger partial charge in [-0.2, -0.15) is 12.6 Å².